The zero-order valence-electron chi connectivity index (χ0n) is 18.1. The molecule has 0 spiro atoms. The average Bonchev–Trinajstić information content (AvgIpc) is 3.22. The van der Waals surface area contributed by atoms with E-state index in [1.165, 1.54) is 6.33 Å². The summed E-state index contributed by atoms with van der Waals surface area (Å²) in [6, 6.07) is 13.2. The van der Waals surface area contributed by atoms with E-state index < -0.39 is 4.92 Å². The smallest absolute Gasteiger partial charge is 0.337 e. The van der Waals surface area contributed by atoms with Gasteiger partial charge in [-0.25, -0.2) is 9.97 Å². The molecule has 2 aromatic carbocycles. The SMILES string of the molecule is CCOC(=O)C1CCN(c2ncnc(-c3cccc4c3oc3ccccc34)c2[N+](=O)[O-])CC1. The molecule has 4 aromatic rings. The maximum atomic E-state index is 12.2. The lowest BCUT2D eigenvalue weighted by atomic mass is 9.96. The summed E-state index contributed by atoms with van der Waals surface area (Å²) in [5, 5.41) is 14.0. The Morgan fingerprint density at radius 2 is 1.91 bits per heavy atom. The van der Waals surface area contributed by atoms with Crippen molar-refractivity contribution in [2.24, 2.45) is 5.92 Å². The van der Waals surface area contributed by atoms with Crippen LogP contribution in [0.4, 0.5) is 11.5 Å². The van der Waals surface area contributed by atoms with Gasteiger partial charge in [0.05, 0.1) is 23.0 Å². The minimum atomic E-state index is -0.441. The molecule has 0 amide bonds. The first-order valence-electron chi connectivity index (χ1n) is 10.9. The van der Waals surface area contributed by atoms with Gasteiger partial charge in [-0.05, 0) is 31.9 Å². The highest BCUT2D eigenvalue weighted by molar-refractivity contribution is 6.10. The molecule has 1 saturated heterocycles. The number of carbonyl (C=O) groups excluding carboxylic acids is 1. The van der Waals surface area contributed by atoms with Gasteiger partial charge >= 0.3 is 11.7 Å². The number of para-hydroxylation sites is 2. The number of nitrogens with zero attached hydrogens (tertiary/aromatic N) is 4. The summed E-state index contributed by atoms with van der Waals surface area (Å²) < 4.78 is 11.2. The number of fused-ring (bicyclic) bond motifs is 3. The lowest BCUT2D eigenvalue weighted by molar-refractivity contribution is -0.383. The van der Waals surface area contributed by atoms with Crippen LogP contribution in [-0.2, 0) is 9.53 Å². The summed E-state index contributed by atoms with van der Waals surface area (Å²) in [5.74, 6) is -0.169. The van der Waals surface area contributed by atoms with Crippen LogP contribution in [-0.4, -0.2) is 40.6 Å². The van der Waals surface area contributed by atoms with Gasteiger partial charge in [0.1, 0.15) is 17.5 Å². The fraction of sp³-hybridized carbons (Fsp3) is 0.292. The molecule has 0 radical (unpaired) electrons. The zero-order valence-corrected chi connectivity index (χ0v) is 18.1. The van der Waals surface area contributed by atoms with Gasteiger partial charge in [-0.3, -0.25) is 14.9 Å². The Morgan fingerprint density at radius 3 is 2.67 bits per heavy atom. The topological polar surface area (TPSA) is 112 Å². The summed E-state index contributed by atoms with van der Waals surface area (Å²) in [4.78, 5) is 34.3. The van der Waals surface area contributed by atoms with Crippen molar-refractivity contribution in [3.8, 4) is 11.3 Å². The molecule has 33 heavy (non-hydrogen) atoms. The van der Waals surface area contributed by atoms with Crippen molar-refractivity contribution in [2.75, 3.05) is 24.6 Å². The quantitative estimate of drug-likeness (QED) is 0.246. The van der Waals surface area contributed by atoms with Gasteiger partial charge in [-0.1, -0.05) is 30.3 Å². The van der Waals surface area contributed by atoms with Crippen molar-refractivity contribution in [3.63, 3.8) is 0 Å². The van der Waals surface area contributed by atoms with Gasteiger partial charge in [0.15, 0.2) is 5.69 Å². The monoisotopic (exact) mass is 446 g/mol. The number of benzene rings is 2. The van der Waals surface area contributed by atoms with E-state index in [9.17, 15) is 14.9 Å². The predicted octanol–water partition coefficient (Wildman–Crippen LogP) is 4.73. The van der Waals surface area contributed by atoms with Crippen LogP contribution < -0.4 is 4.90 Å². The van der Waals surface area contributed by atoms with Crippen LogP contribution in [0.2, 0.25) is 0 Å². The lowest BCUT2D eigenvalue weighted by Crippen LogP contribution is -2.37. The fourth-order valence-electron chi connectivity index (χ4n) is 4.49. The van der Waals surface area contributed by atoms with Crippen molar-refractivity contribution in [1.82, 2.24) is 9.97 Å². The molecular weight excluding hydrogens is 424 g/mol. The van der Waals surface area contributed by atoms with Crippen LogP contribution in [0, 0.1) is 16.0 Å². The normalized spacial score (nSPS) is 14.6. The standard InChI is InChI=1S/C24H22N4O5/c1-2-32-24(29)15-10-12-27(13-11-15)23-21(28(30)31)20(25-14-26-23)18-8-5-7-17-16-6-3-4-9-19(16)33-22(17)18/h3-9,14-15H,2,10-13H2,1H3. The van der Waals surface area contributed by atoms with Crippen molar-refractivity contribution in [3.05, 3.63) is 58.9 Å². The Bertz CT molecular complexity index is 1360. The van der Waals surface area contributed by atoms with Crippen LogP contribution in [0.25, 0.3) is 33.2 Å². The third-order valence-corrected chi connectivity index (χ3v) is 6.06. The van der Waals surface area contributed by atoms with E-state index in [-0.39, 0.29) is 29.1 Å². The van der Waals surface area contributed by atoms with Crippen molar-refractivity contribution in [1.29, 1.82) is 0 Å². The van der Waals surface area contributed by atoms with Gasteiger partial charge in [0.2, 0.25) is 5.82 Å². The van der Waals surface area contributed by atoms with Crippen molar-refractivity contribution >= 4 is 39.4 Å². The summed E-state index contributed by atoms with van der Waals surface area (Å²) in [5.41, 5.74) is 1.84. The number of furan rings is 1. The van der Waals surface area contributed by atoms with E-state index in [2.05, 4.69) is 9.97 Å². The Labute approximate surface area is 189 Å². The Morgan fingerprint density at radius 1 is 1.15 bits per heavy atom. The van der Waals surface area contributed by atoms with E-state index in [0.717, 1.165) is 10.8 Å². The molecule has 0 N–H and O–H groups in total. The first kappa shape index (κ1) is 20.9. The van der Waals surface area contributed by atoms with E-state index >= 15 is 0 Å². The average molecular weight is 446 g/mol. The maximum absolute atomic E-state index is 12.2. The molecule has 1 aliphatic rings. The number of rotatable bonds is 5. The third-order valence-electron chi connectivity index (χ3n) is 6.06. The maximum Gasteiger partial charge on any atom is 0.337 e. The molecule has 168 valence electrons. The van der Waals surface area contributed by atoms with E-state index in [4.69, 9.17) is 9.15 Å². The molecule has 3 heterocycles. The van der Waals surface area contributed by atoms with Crippen LogP contribution in [0.15, 0.2) is 53.2 Å². The molecule has 0 bridgehead atoms. The van der Waals surface area contributed by atoms with E-state index in [1.807, 2.05) is 41.3 Å². The molecule has 5 rings (SSSR count). The summed E-state index contributed by atoms with van der Waals surface area (Å²) in [6.07, 6.45) is 2.44. The molecule has 1 fully saturated rings. The predicted molar refractivity (Wildman–Crippen MR) is 123 cm³/mol. The molecule has 1 aliphatic heterocycles. The molecule has 2 aromatic heterocycles. The van der Waals surface area contributed by atoms with Crippen LogP contribution in [0.1, 0.15) is 19.8 Å². The first-order valence-corrected chi connectivity index (χ1v) is 10.9. The molecular formula is C24H22N4O5. The number of nitro groups is 1. The molecule has 0 atom stereocenters. The number of anilines is 1. The van der Waals surface area contributed by atoms with Gasteiger partial charge in [0.25, 0.3) is 0 Å². The Balaban J connectivity index is 1.57. The van der Waals surface area contributed by atoms with Crippen molar-refractivity contribution < 1.29 is 18.9 Å². The number of hydrogen-bond acceptors (Lipinski definition) is 8. The van der Waals surface area contributed by atoms with Crippen LogP contribution in [0.3, 0.4) is 0 Å². The molecule has 0 unspecified atom stereocenters. The lowest BCUT2D eigenvalue weighted by Gasteiger charge is -2.31. The number of aromatic nitrogens is 2. The minimum absolute atomic E-state index is 0.167. The second-order valence-corrected chi connectivity index (χ2v) is 7.95. The zero-order chi connectivity index (χ0) is 22.9. The van der Waals surface area contributed by atoms with Crippen LogP contribution in [0.5, 0.6) is 0 Å². The summed E-state index contributed by atoms with van der Waals surface area (Å²) in [6.45, 7) is 3.06. The van der Waals surface area contributed by atoms with E-state index in [0.29, 0.717) is 49.3 Å². The number of esters is 1. The molecule has 0 aliphatic carbocycles. The highest BCUT2D eigenvalue weighted by atomic mass is 16.6. The first-order chi connectivity index (χ1) is 16.1. The van der Waals surface area contributed by atoms with Crippen LogP contribution >= 0.6 is 0 Å². The molecule has 0 saturated carbocycles. The summed E-state index contributed by atoms with van der Waals surface area (Å²) >= 11 is 0. The number of piperidine rings is 1. The van der Waals surface area contributed by atoms with E-state index in [1.54, 1.807) is 13.0 Å². The molecule has 9 heteroatoms. The van der Waals surface area contributed by atoms with Gasteiger partial charge in [-0.15, -0.1) is 0 Å². The van der Waals surface area contributed by atoms with Gasteiger partial charge in [0, 0.05) is 23.9 Å². The van der Waals surface area contributed by atoms with Crippen molar-refractivity contribution in [2.45, 2.75) is 19.8 Å². The Kier molecular flexibility index (Phi) is 5.37. The largest absolute Gasteiger partial charge is 0.466 e. The minimum Gasteiger partial charge on any atom is -0.466 e. The number of hydrogen-bond donors (Lipinski definition) is 0. The van der Waals surface area contributed by atoms with Gasteiger partial charge < -0.3 is 14.1 Å². The van der Waals surface area contributed by atoms with Gasteiger partial charge in [-0.2, -0.15) is 0 Å². The third kappa shape index (κ3) is 3.65. The highest BCUT2D eigenvalue weighted by Gasteiger charge is 2.33. The number of ether oxygens (including phenoxy) is 1. The summed E-state index contributed by atoms with van der Waals surface area (Å²) in [7, 11) is 0. The highest BCUT2D eigenvalue weighted by Crippen LogP contribution is 2.41. The Hall–Kier alpha value is -4.01. The second-order valence-electron chi connectivity index (χ2n) is 7.95. The second kappa shape index (κ2) is 8.50. The molecule has 9 nitrogen and oxygen atoms in total. The number of carbonyl (C=O) groups is 1. The fourth-order valence-corrected chi connectivity index (χ4v) is 4.49.